The second-order valence-electron chi connectivity index (χ2n) is 3.73. The van der Waals surface area contributed by atoms with Crippen LogP contribution in [0.4, 0.5) is 0 Å². The molecule has 3 nitrogen and oxygen atoms in total. The van der Waals surface area contributed by atoms with Gasteiger partial charge >= 0.3 is 0 Å². The summed E-state index contributed by atoms with van der Waals surface area (Å²) in [4.78, 5) is 3.98. The van der Waals surface area contributed by atoms with Gasteiger partial charge in [-0.3, -0.25) is 4.98 Å². The largest absolute Gasteiger partial charge is 0.454 e. The third-order valence-corrected chi connectivity index (χ3v) is 2.57. The van der Waals surface area contributed by atoms with Crippen LogP contribution < -0.4 is 9.47 Å². The number of fused-ring (bicyclic) bond motifs is 1. The van der Waals surface area contributed by atoms with Crippen molar-refractivity contribution in [2.45, 2.75) is 0 Å². The Morgan fingerprint density at radius 3 is 2.53 bits per heavy atom. The highest BCUT2D eigenvalue weighted by molar-refractivity contribution is 5.70. The van der Waals surface area contributed by atoms with Gasteiger partial charge in [0.2, 0.25) is 6.79 Å². The maximum Gasteiger partial charge on any atom is 0.231 e. The molecule has 17 heavy (non-hydrogen) atoms. The van der Waals surface area contributed by atoms with Gasteiger partial charge in [0.15, 0.2) is 11.5 Å². The maximum absolute atomic E-state index is 5.33. The lowest BCUT2D eigenvalue weighted by atomic mass is 10.1. The Morgan fingerprint density at radius 2 is 1.65 bits per heavy atom. The van der Waals surface area contributed by atoms with Crippen LogP contribution in [0.25, 0.3) is 12.2 Å². The van der Waals surface area contributed by atoms with Gasteiger partial charge in [-0.15, -0.1) is 0 Å². The van der Waals surface area contributed by atoms with E-state index in [1.807, 2.05) is 42.5 Å². The van der Waals surface area contributed by atoms with Gasteiger partial charge in [0, 0.05) is 12.4 Å². The number of nitrogens with zero attached hydrogens (tertiary/aromatic N) is 1. The van der Waals surface area contributed by atoms with Crippen LogP contribution in [0.2, 0.25) is 0 Å². The van der Waals surface area contributed by atoms with Crippen LogP contribution in [0.15, 0.2) is 42.7 Å². The summed E-state index contributed by atoms with van der Waals surface area (Å²) in [6, 6.07) is 9.83. The molecule has 0 saturated heterocycles. The van der Waals surface area contributed by atoms with E-state index in [0.29, 0.717) is 6.79 Å². The Balaban J connectivity index is 1.84. The summed E-state index contributed by atoms with van der Waals surface area (Å²) in [7, 11) is 0. The molecule has 84 valence electrons. The van der Waals surface area contributed by atoms with E-state index in [-0.39, 0.29) is 0 Å². The average molecular weight is 225 g/mol. The molecule has 0 atom stereocenters. The number of pyridine rings is 1. The molecule has 1 aliphatic heterocycles. The number of hydrogen-bond donors (Lipinski definition) is 0. The predicted octanol–water partition coefficient (Wildman–Crippen LogP) is 2.98. The summed E-state index contributed by atoms with van der Waals surface area (Å²) in [5.41, 5.74) is 2.21. The number of benzene rings is 1. The highest BCUT2D eigenvalue weighted by Crippen LogP contribution is 2.32. The molecule has 3 heteroatoms. The van der Waals surface area contributed by atoms with Crippen LogP contribution in [0, 0.1) is 0 Å². The smallest absolute Gasteiger partial charge is 0.231 e. The first kappa shape index (κ1) is 9.90. The summed E-state index contributed by atoms with van der Waals surface area (Å²) in [5.74, 6) is 1.62. The van der Waals surface area contributed by atoms with Gasteiger partial charge < -0.3 is 9.47 Å². The van der Waals surface area contributed by atoms with E-state index in [1.165, 1.54) is 0 Å². The lowest BCUT2D eigenvalue weighted by Gasteiger charge is -1.97. The molecule has 0 bridgehead atoms. The summed E-state index contributed by atoms with van der Waals surface area (Å²) < 4.78 is 10.6. The third kappa shape index (κ3) is 2.13. The Hall–Kier alpha value is -2.29. The van der Waals surface area contributed by atoms with E-state index < -0.39 is 0 Å². The quantitative estimate of drug-likeness (QED) is 0.787. The van der Waals surface area contributed by atoms with E-state index in [9.17, 15) is 0 Å². The lowest BCUT2D eigenvalue weighted by molar-refractivity contribution is 0.174. The zero-order valence-corrected chi connectivity index (χ0v) is 9.17. The molecule has 2 heterocycles. The number of aromatic nitrogens is 1. The van der Waals surface area contributed by atoms with Crippen LogP contribution in [-0.4, -0.2) is 11.8 Å². The van der Waals surface area contributed by atoms with Gasteiger partial charge in [-0.2, -0.15) is 0 Å². The number of ether oxygens (including phenoxy) is 2. The topological polar surface area (TPSA) is 31.4 Å². The van der Waals surface area contributed by atoms with Crippen molar-refractivity contribution in [3.8, 4) is 11.5 Å². The van der Waals surface area contributed by atoms with Crippen molar-refractivity contribution in [2.24, 2.45) is 0 Å². The minimum Gasteiger partial charge on any atom is -0.454 e. The van der Waals surface area contributed by atoms with Crippen LogP contribution in [-0.2, 0) is 0 Å². The van der Waals surface area contributed by atoms with E-state index in [4.69, 9.17) is 9.47 Å². The van der Waals surface area contributed by atoms with Crippen molar-refractivity contribution in [1.82, 2.24) is 4.98 Å². The minimum atomic E-state index is 0.312. The molecule has 1 aromatic carbocycles. The molecule has 0 fully saturated rings. The Labute approximate surface area is 99.3 Å². The first-order chi connectivity index (χ1) is 8.42. The van der Waals surface area contributed by atoms with Gasteiger partial charge in [-0.1, -0.05) is 18.2 Å². The highest BCUT2D eigenvalue weighted by atomic mass is 16.7. The van der Waals surface area contributed by atoms with Crippen molar-refractivity contribution >= 4 is 12.2 Å². The molecule has 0 unspecified atom stereocenters. The monoisotopic (exact) mass is 225 g/mol. The molecule has 0 saturated carbocycles. The van der Waals surface area contributed by atoms with Crippen molar-refractivity contribution in [1.29, 1.82) is 0 Å². The average Bonchev–Trinajstić information content (AvgIpc) is 2.85. The van der Waals surface area contributed by atoms with Crippen LogP contribution in [0.5, 0.6) is 11.5 Å². The third-order valence-electron chi connectivity index (χ3n) is 2.57. The van der Waals surface area contributed by atoms with Crippen molar-refractivity contribution in [3.63, 3.8) is 0 Å². The van der Waals surface area contributed by atoms with Crippen molar-refractivity contribution < 1.29 is 9.47 Å². The molecule has 0 radical (unpaired) electrons. The summed E-state index contributed by atoms with van der Waals surface area (Å²) >= 11 is 0. The Morgan fingerprint density at radius 1 is 0.882 bits per heavy atom. The highest BCUT2D eigenvalue weighted by Gasteiger charge is 2.11. The van der Waals surface area contributed by atoms with Crippen molar-refractivity contribution in [2.75, 3.05) is 6.79 Å². The van der Waals surface area contributed by atoms with E-state index in [1.54, 1.807) is 12.4 Å². The van der Waals surface area contributed by atoms with Crippen LogP contribution >= 0.6 is 0 Å². The second kappa shape index (κ2) is 4.29. The maximum atomic E-state index is 5.33. The second-order valence-corrected chi connectivity index (χ2v) is 3.73. The molecule has 1 aromatic heterocycles. The van der Waals surface area contributed by atoms with Gasteiger partial charge in [-0.25, -0.2) is 0 Å². The molecular weight excluding hydrogens is 214 g/mol. The molecular formula is C14H11NO2. The Kier molecular flexibility index (Phi) is 2.50. The SMILES string of the molecule is C(=C/c1ccc2c(c1)OCO2)/c1ccncc1. The molecule has 0 N–H and O–H groups in total. The van der Waals surface area contributed by atoms with Crippen LogP contribution in [0.1, 0.15) is 11.1 Å². The fourth-order valence-electron chi connectivity index (χ4n) is 1.68. The van der Waals surface area contributed by atoms with Gasteiger partial charge in [0.05, 0.1) is 0 Å². The van der Waals surface area contributed by atoms with E-state index in [2.05, 4.69) is 4.98 Å². The number of hydrogen-bond acceptors (Lipinski definition) is 3. The summed E-state index contributed by atoms with van der Waals surface area (Å²) in [6.45, 7) is 0.312. The molecule has 2 aromatic rings. The number of rotatable bonds is 2. The van der Waals surface area contributed by atoms with Crippen LogP contribution in [0.3, 0.4) is 0 Å². The Bertz CT molecular complexity index is 549. The molecule has 0 amide bonds. The molecule has 1 aliphatic rings. The standard InChI is InChI=1S/C14H11NO2/c1(11-5-7-15-8-6-11)2-12-3-4-13-14(9-12)17-10-16-13/h1-9H,10H2/b2-1-. The molecule has 0 aliphatic carbocycles. The summed E-state index contributed by atoms with van der Waals surface area (Å²) in [5, 5.41) is 0. The lowest BCUT2D eigenvalue weighted by Crippen LogP contribution is -1.92. The fraction of sp³-hybridized carbons (Fsp3) is 0.0714. The first-order valence-corrected chi connectivity index (χ1v) is 5.39. The zero-order chi connectivity index (χ0) is 11.5. The minimum absolute atomic E-state index is 0.312. The van der Waals surface area contributed by atoms with Gasteiger partial charge in [0.1, 0.15) is 0 Å². The molecule has 3 rings (SSSR count). The first-order valence-electron chi connectivity index (χ1n) is 5.39. The molecule has 0 spiro atoms. The van der Waals surface area contributed by atoms with E-state index >= 15 is 0 Å². The zero-order valence-electron chi connectivity index (χ0n) is 9.17. The summed E-state index contributed by atoms with van der Waals surface area (Å²) in [6.07, 6.45) is 7.63. The van der Waals surface area contributed by atoms with Gasteiger partial charge in [-0.05, 0) is 35.4 Å². The fourth-order valence-corrected chi connectivity index (χ4v) is 1.68. The van der Waals surface area contributed by atoms with E-state index in [0.717, 1.165) is 22.6 Å². The normalized spacial score (nSPS) is 13.2. The predicted molar refractivity (Wildman–Crippen MR) is 65.7 cm³/mol. The van der Waals surface area contributed by atoms with Crippen molar-refractivity contribution in [3.05, 3.63) is 53.9 Å². The van der Waals surface area contributed by atoms with Gasteiger partial charge in [0.25, 0.3) is 0 Å².